The second-order valence-electron chi connectivity index (χ2n) is 9.71. The zero-order valence-electron chi connectivity index (χ0n) is 21.6. The Kier molecular flexibility index (Phi) is 9.67. The van der Waals surface area contributed by atoms with Gasteiger partial charge in [0.2, 0.25) is 0 Å². The van der Waals surface area contributed by atoms with Gasteiger partial charge in [0.05, 0.1) is 20.6 Å². The third-order valence-corrected chi connectivity index (χ3v) is 10.1. The molecule has 3 rings (SSSR count). The van der Waals surface area contributed by atoms with E-state index in [1.165, 1.54) is 67.8 Å². The van der Waals surface area contributed by atoms with Crippen molar-refractivity contribution in [3.8, 4) is 23.7 Å². The molecule has 0 aliphatic carbocycles. The predicted molar refractivity (Wildman–Crippen MR) is 155 cm³/mol. The Morgan fingerprint density at radius 3 is 1.71 bits per heavy atom. The molecule has 0 aliphatic heterocycles. The van der Waals surface area contributed by atoms with Crippen LogP contribution in [0.3, 0.4) is 0 Å². The summed E-state index contributed by atoms with van der Waals surface area (Å²) in [6, 6.07) is 13.4. The lowest BCUT2D eigenvalue weighted by Gasteiger charge is -2.21. The molecule has 3 heteroatoms. The van der Waals surface area contributed by atoms with Gasteiger partial charge in [-0.2, -0.15) is 0 Å². The van der Waals surface area contributed by atoms with Crippen molar-refractivity contribution in [1.29, 1.82) is 0 Å². The molecule has 1 unspecified atom stereocenters. The van der Waals surface area contributed by atoms with Gasteiger partial charge in [-0.05, 0) is 89.3 Å². The first-order valence-electron chi connectivity index (χ1n) is 12.6. The number of hydrogen-bond acceptors (Lipinski definition) is 3. The number of thiophene rings is 3. The van der Waals surface area contributed by atoms with Crippen LogP contribution in [0.1, 0.15) is 103 Å². The van der Waals surface area contributed by atoms with Gasteiger partial charge >= 0.3 is 0 Å². The summed E-state index contributed by atoms with van der Waals surface area (Å²) in [4.78, 5) is 7.91. The zero-order valence-corrected chi connectivity index (χ0v) is 24.1. The van der Waals surface area contributed by atoms with Gasteiger partial charge in [0.1, 0.15) is 0 Å². The Labute approximate surface area is 219 Å². The molecule has 0 fully saturated rings. The van der Waals surface area contributed by atoms with Gasteiger partial charge in [-0.25, -0.2) is 0 Å². The van der Waals surface area contributed by atoms with E-state index < -0.39 is 0 Å². The topological polar surface area (TPSA) is 0 Å². The van der Waals surface area contributed by atoms with Gasteiger partial charge in [0, 0.05) is 19.5 Å². The summed E-state index contributed by atoms with van der Waals surface area (Å²) in [5.74, 6) is 14.1. The lowest BCUT2D eigenvalue weighted by molar-refractivity contribution is 0.608. The SMILES string of the molecule is CCCCc1ccc(C#CC(C)(C)c2ccc(C(C)(C#Cc3ccc(CCCC)s3)CC)s2)s1. The van der Waals surface area contributed by atoms with Crippen LogP contribution in [-0.4, -0.2) is 0 Å². The van der Waals surface area contributed by atoms with Crippen LogP contribution in [0.4, 0.5) is 0 Å². The van der Waals surface area contributed by atoms with Crippen LogP contribution in [0.5, 0.6) is 0 Å². The maximum absolute atomic E-state index is 3.63. The van der Waals surface area contributed by atoms with Crippen LogP contribution in [-0.2, 0) is 23.7 Å². The summed E-state index contributed by atoms with van der Waals surface area (Å²) >= 11 is 5.57. The van der Waals surface area contributed by atoms with E-state index in [-0.39, 0.29) is 10.8 Å². The van der Waals surface area contributed by atoms with Gasteiger partial charge in [-0.1, -0.05) is 57.3 Å². The van der Waals surface area contributed by atoms with Crippen molar-refractivity contribution in [2.45, 2.75) is 97.3 Å². The molecule has 34 heavy (non-hydrogen) atoms. The first kappa shape index (κ1) is 26.8. The molecule has 0 saturated carbocycles. The van der Waals surface area contributed by atoms with E-state index in [1.807, 2.05) is 34.0 Å². The van der Waals surface area contributed by atoms with Crippen molar-refractivity contribution in [3.05, 3.63) is 65.7 Å². The first-order chi connectivity index (χ1) is 16.3. The monoisotopic (exact) mass is 506 g/mol. The Balaban J connectivity index is 1.76. The van der Waals surface area contributed by atoms with E-state index in [9.17, 15) is 0 Å². The summed E-state index contributed by atoms with van der Waals surface area (Å²) in [5, 5.41) is 0. The molecule has 0 spiro atoms. The van der Waals surface area contributed by atoms with E-state index in [0.717, 1.165) is 6.42 Å². The molecule has 3 heterocycles. The van der Waals surface area contributed by atoms with Crippen LogP contribution >= 0.6 is 34.0 Å². The summed E-state index contributed by atoms with van der Waals surface area (Å²) in [5.41, 5.74) is -0.317. The molecule has 0 saturated heterocycles. The van der Waals surface area contributed by atoms with Crippen molar-refractivity contribution in [3.63, 3.8) is 0 Å². The van der Waals surface area contributed by atoms with E-state index in [4.69, 9.17) is 0 Å². The van der Waals surface area contributed by atoms with E-state index in [2.05, 4.69) is 102 Å². The fourth-order valence-corrected chi connectivity index (χ4v) is 6.68. The lowest BCUT2D eigenvalue weighted by atomic mass is 9.86. The number of unbranched alkanes of at least 4 members (excludes halogenated alkanes) is 2. The van der Waals surface area contributed by atoms with E-state index in [1.54, 1.807) is 0 Å². The Hall–Kier alpha value is -1.78. The van der Waals surface area contributed by atoms with Crippen molar-refractivity contribution in [2.75, 3.05) is 0 Å². The minimum absolute atomic E-state index is 0.137. The summed E-state index contributed by atoms with van der Waals surface area (Å²) in [6.45, 7) is 13.5. The highest BCUT2D eigenvalue weighted by Gasteiger charge is 2.27. The Morgan fingerprint density at radius 1 is 0.647 bits per heavy atom. The molecule has 0 amide bonds. The average Bonchev–Trinajstić information content (AvgIpc) is 3.59. The normalized spacial score (nSPS) is 13.0. The lowest BCUT2D eigenvalue weighted by Crippen LogP contribution is -2.17. The number of rotatable bonds is 9. The third-order valence-electron chi connectivity index (χ3n) is 6.31. The minimum Gasteiger partial charge on any atom is -0.142 e. The zero-order chi connectivity index (χ0) is 24.6. The predicted octanol–water partition coefficient (Wildman–Crippen LogP) is 9.60. The average molecular weight is 507 g/mol. The van der Waals surface area contributed by atoms with Gasteiger partial charge in [-0.3, -0.25) is 0 Å². The van der Waals surface area contributed by atoms with Crippen LogP contribution in [0, 0.1) is 23.7 Å². The molecule has 180 valence electrons. The maximum atomic E-state index is 3.63. The molecular formula is C31H38S3. The van der Waals surface area contributed by atoms with Gasteiger partial charge < -0.3 is 0 Å². The van der Waals surface area contributed by atoms with Gasteiger partial charge in [0.25, 0.3) is 0 Å². The minimum atomic E-state index is -0.180. The number of aryl methyl sites for hydroxylation is 2. The fraction of sp³-hybridized carbons (Fsp3) is 0.484. The van der Waals surface area contributed by atoms with Crippen LogP contribution < -0.4 is 0 Å². The van der Waals surface area contributed by atoms with E-state index in [0.29, 0.717) is 0 Å². The van der Waals surface area contributed by atoms with Crippen LogP contribution in [0.2, 0.25) is 0 Å². The highest BCUT2D eigenvalue weighted by Crippen LogP contribution is 2.37. The molecule has 3 aromatic rings. The largest absolute Gasteiger partial charge is 0.142 e. The third kappa shape index (κ3) is 7.11. The van der Waals surface area contributed by atoms with Crippen molar-refractivity contribution in [1.82, 2.24) is 0 Å². The highest BCUT2D eigenvalue weighted by atomic mass is 32.1. The molecule has 0 bridgehead atoms. The molecule has 1 atom stereocenters. The molecule has 0 radical (unpaired) electrons. The molecule has 0 aromatic carbocycles. The quantitative estimate of drug-likeness (QED) is 0.253. The molecule has 0 N–H and O–H groups in total. The van der Waals surface area contributed by atoms with Crippen molar-refractivity contribution in [2.24, 2.45) is 0 Å². The molecule has 3 aromatic heterocycles. The fourth-order valence-electron chi connectivity index (χ4n) is 3.63. The molecular weight excluding hydrogens is 469 g/mol. The second-order valence-corrected chi connectivity index (χ2v) is 13.1. The number of hydrogen-bond donors (Lipinski definition) is 0. The Bertz CT molecular complexity index is 1180. The Morgan fingerprint density at radius 2 is 1.18 bits per heavy atom. The first-order valence-corrected chi connectivity index (χ1v) is 15.1. The molecule has 0 nitrogen and oxygen atoms in total. The van der Waals surface area contributed by atoms with Gasteiger partial charge in [0.15, 0.2) is 0 Å². The second kappa shape index (κ2) is 12.3. The van der Waals surface area contributed by atoms with Crippen molar-refractivity contribution < 1.29 is 0 Å². The summed E-state index contributed by atoms with van der Waals surface area (Å²) in [7, 11) is 0. The summed E-state index contributed by atoms with van der Waals surface area (Å²) < 4.78 is 0. The van der Waals surface area contributed by atoms with Crippen LogP contribution in [0.15, 0.2) is 36.4 Å². The highest BCUT2D eigenvalue weighted by molar-refractivity contribution is 7.13. The van der Waals surface area contributed by atoms with E-state index >= 15 is 0 Å². The van der Waals surface area contributed by atoms with Crippen molar-refractivity contribution >= 4 is 34.0 Å². The van der Waals surface area contributed by atoms with Crippen LogP contribution in [0.25, 0.3) is 0 Å². The molecule has 0 aliphatic rings. The standard InChI is InChI=1S/C31H38S3/c1-7-10-12-24-14-16-26(32-24)20-22-30(4,5)28-18-19-29(34-28)31(6,9-3)23-21-27-17-15-25(33-27)13-11-8-2/h14-19H,7-13H2,1-6H3. The summed E-state index contributed by atoms with van der Waals surface area (Å²) in [6.07, 6.45) is 8.32. The maximum Gasteiger partial charge on any atom is 0.0771 e. The van der Waals surface area contributed by atoms with Gasteiger partial charge in [-0.15, -0.1) is 34.0 Å². The smallest absolute Gasteiger partial charge is 0.0771 e.